The molecule has 0 heterocycles. The molecule has 5 aliphatic carbocycles. The van der Waals surface area contributed by atoms with Crippen LogP contribution in [-0.4, -0.2) is 24.0 Å². The average molecular weight is 305 g/mol. The van der Waals surface area contributed by atoms with Gasteiger partial charge in [-0.15, -0.1) is 0 Å². The third kappa shape index (κ3) is 2.93. The summed E-state index contributed by atoms with van der Waals surface area (Å²) in [6.07, 6.45) is 13.7. The molecule has 0 saturated heterocycles. The highest BCUT2D eigenvalue weighted by Crippen LogP contribution is 2.54. The Bertz CT molecular complexity index is 398. The molecule has 1 amide bonds. The smallest absolute Gasteiger partial charge is 0.275 e. The molecule has 3 N–H and O–H groups in total. The predicted octanol–water partition coefficient (Wildman–Crippen LogP) is 2.21. The highest BCUT2D eigenvalue weighted by molar-refractivity contribution is 5.77. The van der Waals surface area contributed by atoms with Crippen molar-refractivity contribution in [3.8, 4) is 0 Å². The molecule has 5 rings (SSSR count). The molecule has 3 nitrogen and oxygen atoms in total. The van der Waals surface area contributed by atoms with E-state index in [4.69, 9.17) is 0 Å². The van der Waals surface area contributed by atoms with Gasteiger partial charge >= 0.3 is 0 Å². The Balaban J connectivity index is 1.30. The number of carbonyl (C=O) groups excluding carboxylic acids is 1. The fourth-order valence-electron chi connectivity index (χ4n) is 6.53. The van der Waals surface area contributed by atoms with Gasteiger partial charge in [-0.05, 0) is 55.8 Å². The Morgan fingerprint density at radius 2 is 1.64 bits per heavy atom. The lowest BCUT2D eigenvalue weighted by Gasteiger charge is -2.54. The molecule has 0 aromatic rings. The van der Waals surface area contributed by atoms with Gasteiger partial charge in [-0.2, -0.15) is 0 Å². The summed E-state index contributed by atoms with van der Waals surface area (Å²) in [5.74, 6) is 3.88. The van der Waals surface area contributed by atoms with E-state index in [1.807, 2.05) is 0 Å². The van der Waals surface area contributed by atoms with Gasteiger partial charge in [0.25, 0.3) is 5.91 Å². The normalized spacial score (nSPS) is 46.7. The Labute approximate surface area is 135 Å². The van der Waals surface area contributed by atoms with Gasteiger partial charge in [0.15, 0.2) is 6.54 Å². The monoisotopic (exact) mass is 305 g/mol. The number of hydrogen-bond acceptors (Lipinski definition) is 1. The predicted molar refractivity (Wildman–Crippen MR) is 87.3 cm³/mol. The van der Waals surface area contributed by atoms with Crippen molar-refractivity contribution in [1.82, 2.24) is 5.32 Å². The van der Waals surface area contributed by atoms with Gasteiger partial charge in [-0.1, -0.05) is 19.8 Å². The van der Waals surface area contributed by atoms with Gasteiger partial charge in [0, 0.05) is 25.3 Å². The Hall–Kier alpha value is -0.570. The van der Waals surface area contributed by atoms with Gasteiger partial charge in [-0.3, -0.25) is 4.79 Å². The minimum absolute atomic E-state index is 0.287. The summed E-state index contributed by atoms with van der Waals surface area (Å²) in [6, 6.07) is 0.436. The van der Waals surface area contributed by atoms with Gasteiger partial charge in [0.2, 0.25) is 0 Å². The second kappa shape index (κ2) is 5.81. The van der Waals surface area contributed by atoms with Crippen LogP contribution < -0.4 is 10.6 Å². The molecule has 2 atom stereocenters. The highest BCUT2D eigenvalue weighted by atomic mass is 16.2. The maximum atomic E-state index is 12.4. The zero-order chi connectivity index (χ0) is 15.2. The van der Waals surface area contributed by atoms with Crippen LogP contribution in [0.2, 0.25) is 0 Å². The minimum atomic E-state index is 0.287. The number of nitrogens with one attached hydrogen (secondary N) is 1. The summed E-state index contributed by atoms with van der Waals surface area (Å²) in [7, 11) is 0. The molecule has 5 saturated carbocycles. The van der Waals surface area contributed by atoms with Crippen LogP contribution in [0.25, 0.3) is 0 Å². The second-order valence-corrected chi connectivity index (χ2v) is 9.12. The molecule has 0 radical (unpaired) electrons. The SMILES string of the molecule is C[C@@H]1CCCC[C@@H]1NC(=O)C[NH2+]C12CC3CC(CC(C3)C1)C2. The first-order valence-electron chi connectivity index (χ1n) is 9.76. The van der Waals surface area contributed by atoms with E-state index in [1.54, 1.807) is 0 Å². The van der Waals surface area contributed by atoms with Gasteiger partial charge in [0.1, 0.15) is 0 Å². The molecule has 3 heteroatoms. The topological polar surface area (TPSA) is 45.7 Å². The fraction of sp³-hybridized carbons (Fsp3) is 0.947. The van der Waals surface area contributed by atoms with Crippen molar-refractivity contribution >= 4 is 5.91 Å². The summed E-state index contributed by atoms with van der Waals surface area (Å²) in [5.41, 5.74) is 0.435. The lowest BCUT2D eigenvalue weighted by Crippen LogP contribution is -3.00. The number of amides is 1. The molecule has 5 fully saturated rings. The first-order valence-corrected chi connectivity index (χ1v) is 9.76. The van der Waals surface area contributed by atoms with Crippen molar-refractivity contribution in [3.63, 3.8) is 0 Å². The van der Waals surface area contributed by atoms with E-state index in [1.165, 1.54) is 64.2 Å². The molecule has 4 bridgehead atoms. The van der Waals surface area contributed by atoms with Crippen LogP contribution in [0.1, 0.15) is 71.1 Å². The standard InChI is InChI=1S/C19H32N2O/c1-13-4-2-3-5-17(13)21-18(22)12-20-19-9-14-6-15(10-19)8-16(7-14)11-19/h13-17,20H,2-12H2,1H3,(H,21,22)/p+1/t13-,14?,15?,16?,17+,19?/m1/s1. The quantitative estimate of drug-likeness (QED) is 0.822. The van der Waals surface area contributed by atoms with E-state index >= 15 is 0 Å². The van der Waals surface area contributed by atoms with Crippen molar-refractivity contribution in [3.05, 3.63) is 0 Å². The largest absolute Gasteiger partial charge is 0.348 e. The van der Waals surface area contributed by atoms with E-state index < -0.39 is 0 Å². The molecule has 0 unspecified atom stereocenters. The molecule has 22 heavy (non-hydrogen) atoms. The summed E-state index contributed by atoms with van der Waals surface area (Å²) < 4.78 is 0. The molecular formula is C19H33N2O+. The lowest BCUT2D eigenvalue weighted by molar-refractivity contribution is -0.730. The van der Waals surface area contributed by atoms with Gasteiger partial charge < -0.3 is 10.6 Å². The maximum absolute atomic E-state index is 12.4. The number of hydrogen-bond donors (Lipinski definition) is 2. The third-order valence-electron chi connectivity index (χ3n) is 7.26. The molecular weight excluding hydrogens is 272 g/mol. The van der Waals surface area contributed by atoms with Crippen LogP contribution in [0.3, 0.4) is 0 Å². The van der Waals surface area contributed by atoms with Crippen LogP contribution in [-0.2, 0) is 4.79 Å². The van der Waals surface area contributed by atoms with Crippen molar-refractivity contribution in [2.24, 2.45) is 23.7 Å². The minimum Gasteiger partial charge on any atom is -0.348 e. The van der Waals surface area contributed by atoms with Crippen molar-refractivity contribution < 1.29 is 10.1 Å². The molecule has 124 valence electrons. The van der Waals surface area contributed by atoms with E-state index in [-0.39, 0.29) is 5.91 Å². The maximum Gasteiger partial charge on any atom is 0.275 e. The highest BCUT2D eigenvalue weighted by Gasteiger charge is 2.53. The molecule has 5 aliphatic rings. The van der Waals surface area contributed by atoms with Crippen molar-refractivity contribution in [1.29, 1.82) is 0 Å². The van der Waals surface area contributed by atoms with Crippen LogP contribution in [0, 0.1) is 23.7 Å². The molecule has 0 aromatic heterocycles. The first-order chi connectivity index (χ1) is 10.6. The van der Waals surface area contributed by atoms with E-state index in [9.17, 15) is 4.79 Å². The van der Waals surface area contributed by atoms with Crippen LogP contribution in [0.15, 0.2) is 0 Å². The van der Waals surface area contributed by atoms with Gasteiger partial charge in [0.05, 0.1) is 5.54 Å². The second-order valence-electron chi connectivity index (χ2n) is 9.12. The Morgan fingerprint density at radius 1 is 1.05 bits per heavy atom. The van der Waals surface area contributed by atoms with E-state index in [2.05, 4.69) is 17.6 Å². The number of quaternary nitrogens is 1. The number of carbonyl (C=O) groups is 1. The summed E-state index contributed by atoms with van der Waals surface area (Å²) in [6.45, 7) is 2.96. The summed E-state index contributed by atoms with van der Waals surface area (Å²) in [5, 5.41) is 5.78. The Morgan fingerprint density at radius 3 is 2.23 bits per heavy atom. The summed E-state index contributed by atoms with van der Waals surface area (Å²) >= 11 is 0. The summed E-state index contributed by atoms with van der Waals surface area (Å²) in [4.78, 5) is 12.4. The zero-order valence-electron chi connectivity index (χ0n) is 14.2. The average Bonchev–Trinajstić information content (AvgIpc) is 2.46. The Kier molecular flexibility index (Phi) is 3.96. The van der Waals surface area contributed by atoms with Crippen LogP contribution >= 0.6 is 0 Å². The molecule has 0 aromatic carbocycles. The van der Waals surface area contributed by atoms with Crippen LogP contribution in [0.5, 0.6) is 0 Å². The van der Waals surface area contributed by atoms with Gasteiger partial charge in [-0.25, -0.2) is 0 Å². The molecule has 0 aliphatic heterocycles. The fourth-order valence-corrected chi connectivity index (χ4v) is 6.53. The van der Waals surface area contributed by atoms with Crippen molar-refractivity contribution in [2.45, 2.75) is 82.7 Å². The third-order valence-corrected chi connectivity index (χ3v) is 7.26. The molecule has 0 spiro atoms. The number of rotatable bonds is 4. The lowest BCUT2D eigenvalue weighted by atomic mass is 9.53. The van der Waals surface area contributed by atoms with E-state index in [0.29, 0.717) is 24.0 Å². The zero-order valence-corrected chi connectivity index (χ0v) is 14.2. The first kappa shape index (κ1) is 15.0. The van der Waals surface area contributed by atoms with E-state index in [0.717, 1.165) is 17.8 Å². The van der Waals surface area contributed by atoms with Crippen LogP contribution in [0.4, 0.5) is 0 Å². The van der Waals surface area contributed by atoms with Crippen molar-refractivity contribution in [2.75, 3.05) is 6.54 Å². The number of nitrogens with two attached hydrogens (primary N) is 1.